The average molecular weight is 1320 g/mol. The zero-order valence-electron chi connectivity index (χ0n) is 63.3. The van der Waals surface area contributed by atoms with Crippen LogP contribution in [0, 0.1) is 71.0 Å². The Hall–Kier alpha value is -5.34. The summed E-state index contributed by atoms with van der Waals surface area (Å²) < 4.78 is 48.7. The van der Waals surface area contributed by atoms with Crippen molar-refractivity contribution in [1.82, 2.24) is 4.90 Å². The predicted octanol–water partition coefficient (Wildman–Crippen LogP) is 13.8. The number of nitrogens with zero attached hydrogens (tertiary/aromatic N) is 1. The topological polar surface area (TPSA) is 266 Å². The lowest BCUT2D eigenvalue weighted by Crippen LogP contribution is -2.50. The smallest absolute Gasteiger partial charge is 0.308 e. The van der Waals surface area contributed by atoms with Crippen LogP contribution in [0.2, 0.25) is 0 Å². The fourth-order valence-corrected chi connectivity index (χ4v) is 5.25. The lowest BCUT2D eigenvalue weighted by atomic mass is 9.96. The second-order valence-corrected chi connectivity index (χ2v) is 26.9. The molecule has 0 unspecified atom stereocenters. The highest BCUT2D eigenvalue weighted by Crippen LogP contribution is 2.29. The zero-order valence-corrected chi connectivity index (χ0v) is 63.3. The molecule has 1 aliphatic heterocycles. The van der Waals surface area contributed by atoms with Crippen LogP contribution in [0.4, 0.5) is 0 Å². The standard InChI is InChI=1S/C8H15NO2.3C8H14O2.C8H16O2.2C7H14O2.2C6H12O2.C5H10O2/c1-6(2)8(10)11-7-4-9(3)5-7;1-6(2)8(9)10-5-7-3-4-7;2*1-6(2)8(9)10-7-4-3-5-7;1-6(2)5-10-8(9)7(3)4;2*1-5(2)7(8)9-6(3)4;2*1-4-8-6(7)5(2)3;1-4(2)5(6)7-3/h6-7H,4-5H2,1-3H3;3*6-7H,3-5H2,1-2H3;6-7H,5H2,1-4H3;2*5-6H,1-4H3;2*5H,4H2,1-3H3;4H,1-3H3. The molecule has 21 nitrogen and oxygen atoms in total. The number of hydrogen-bond donors (Lipinski definition) is 0. The second-order valence-electron chi connectivity index (χ2n) is 26.9. The fraction of sp³-hybridized carbons (Fsp3) is 0.859. The summed E-state index contributed by atoms with van der Waals surface area (Å²) in [5.41, 5.74) is 0. The molecule has 3 saturated carbocycles. The van der Waals surface area contributed by atoms with E-state index in [2.05, 4.69) is 19.1 Å². The Morgan fingerprint density at radius 2 is 0.598 bits per heavy atom. The van der Waals surface area contributed by atoms with Gasteiger partial charge in [0.25, 0.3) is 0 Å². The Bertz CT molecular complexity index is 1850. The molecule has 1 heterocycles. The van der Waals surface area contributed by atoms with Gasteiger partial charge in [-0.2, -0.15) is 0 Å². The Labute approximate surface area is 558 Å². The van der Waals surface area contributed by atoms with Gasteiger partial charge in [0.05, 0.1) is 105 Å². The van der Waals surface area contributed by atoms with Crippen LogP contribution < -0.4 is 0 Å². The van der Waals surface area contributed by atoms with Crippen LogP contribution in [0.25, 0.3) is 0 Å². The van der Waals surface area contributed by atoms with Crippen LogP contribution in [-0.2, 0) is 95.3 Å². The summed E-state index contributed by atoms with van der Waals surface area (Å²) in [6.07, 6.45) is 9.86. The SMILES string of the molecule is CC(C)C(=O)OC1CCC1.CC(C)C(=O)OC1CCC1.CC(C)C(=O)OC1CN(C)C1.CC(C)C(=O)OCC1CC1.CC(C)COC(=O)C(C)C.CC(C)OC(=O)C(C)C.CC(C)OC(=O)C(C)C.CCOC(=O)C(C)C.CCOC(=O)C(C)C.COC(=O)C(C)C. The van der Waals surface area contributed by atoms with Gasteiger partial charge in [0.15, 0.2) is 0 Å². The Morgan fingerprint density at radius 1 is 0.337 bits per heavy atom. The average Bonchev–Trinajstić information content (AvgIpc) is 2.22. The molecule has 4 fully saturated rings. The van der Waals surface area contributed by atoms with Crippen molar-refractivity contribution in [2.24, 2.45) is 71.0 Å². The third-order valence-corrected chi connectivity index (χ3v) is 11.9. The Balaban J connectivity index is -0.000000224. The molecule has 0 spiro atoms. The van der Waals surface area contributed by atoms with Gasteiger partial charge in [-0.25, -0.2) is 0 Å². The lowest BCUT2D eigenvalue weighted by Gasteiger charge is -2.35. The van der Waals surface area contributed by atoms with Crippen LogP contribution in [0.15, 0.2) is 0 Å². The number of rotatable bonds is 21. The molecule has 0 aromatic rings. The highest BCUT2D eigenvalue weighted by Gasteiger charge is 2.28. The maximum absolute atomic E-state index is 11.0. The number of carbonyl (C=O) groups excluding carboxylic acids is 10. The van der Waals surface area contributed by atoms with Gasteiger partial charge in [-0.3, -0.25) is 52.8 Å². The second kappa shape index (κ2) is 58.3. The number of esters is 10. The van der Waals surface area contributed by atoms with E-state index < -0.39 is 0 Å². The summed E-state index contributed by atoms with van der Waals surface area (Å²) in [5.74, 6) is 0.229. The van der Waals surface area contributed by atoms with Gasteiger partial charge in [0.2, 0.25) is 0 Å². The quantitative estimate of drug-likeness (QED) is 0.0763. The van der Waals surface area contributed by atoms with E-state index in [0.717, 1.165) is 38.8 Å². The van der Waals surface area contributed by atoms with Gasteiger partial charge in [-0.15, -0.1) is 0 Å². The van der Waals surface area contributed by atoms with Gasteiger partial charge in [-0.1, -0.05) is 152 Å². The Morgan fingerprint density at radius 3 is 0.761 bits per heavy atom. The highest BCUT2D eigenvalue weighted by atomic mass is 16.6. The van der Waals surface area contributed by atoms with Gasteiger partial charge >= 0.3 is 59.7 Å². The first-order valence-electron chi connectivity index (χ1n) is 33.8. The van der Waals surface area contributed by atoms with E-state index >= 15 is 0 Å². The summed E-state index contributed by atoms with van der Waals surface area (Å²) >= 11 is 0. The predicted molar refractivity (Wildman–Crippen MR) is 360 cm³/mol. The van der Waals surface area contributed by atoms with Crippen LogP contribution in [-0.4, -0.2) is 149 Å². The molecule has 3 aliphatic carbocycles. The van der Waals surface area contributed by atoms with Crippen molar-refractivity contribution in [1.29, 1.82) is 0 Å². The molecular weight excluding hydrogens is 1190 g/mol. The van der Waals surface area contributed by atoms with E-state index in [4.69, 9.17) is 33.2 Å². The van der Waals surface area contributed by atoms with Crippen molar-refractivity contribution in [3.8, 4) is 0 Å². The van der Waals surface area contributed by atoms with Crippen molar-refractivity contribution in [2.45, 2.75) is 276 Å². The first kappa shape index (κ1) is 97.7. The largest absolute Gasteiger partial charge is 0.469 e. The molecule has 4 aliphatic rings. The third-order valence-electron chi connectivity index (χ3n) is 11.9. The first-order chi connectivity index (χ1) is 42.3. The number of ether oxygens (including phenoxy) is 10. The molecule has 544 valence electrons. The van der Waals surface area contributed by atoms with Gasteiger partial charge in [-0.05, 0) is 112 Å². The highest BCUT2D eigenvalue weighted by molar-refractivity contribution is 5.74. The van der Waals surface area contributed by atoms with E-state index in [1.54, 1.807) is 27.7 Å². The maximum atomic E-state index is 11.0. The van der Waals surface area contributed by atoms with E-state index in [9.17, 15) is 47.9 Å². The van der Waals surface area contributed by atoms with E-state index in [-0.39, 0.29) is 149 Å². The van der Waals surface area contributed by atoms with Crippen molar-refractivity contribution >= 4 is 59.7 Å². The minimum absolute atomic E-state index is 0.000839. The van der Waals surface area contributed by atoms with Crippen LogP contribution in [0.5, 0.6) is 0 Å². The first-order valence-corrected chi connectivity index (χ1v) is 33.8. The molecule has 0 atom stereocenters. The summed E-state index contributed by atoms with van der Waals surface area (Å²) in [5, 5.41) is 0. The van der Waals surface area contributed by atoms with Crippen molar-refractivity contribution < 1.29 is 95.3 Å². The zero-order chi connectivity index (χ0) is 73.1. The van der Waals surface area contributed by atoms with Crippen LogP contribution in [0.3, 0.4) is 0 Å². The van der Waals surface area contributed by atoms with Crippen LogP contribution in [0.1, 0.15) is 245 Å². The van der Waals surface area contributed by atoms with E-state index in [1.807, 2.05) is 173 Å². The van der Waals surface area contributed by atoms with Crippen molar-refractivity contribution in [3.05, 3.63) is 0 Å². The van der Waals surface area contributed by atoms with Gasteiger partial charge < -0.3 is 47.4 Å². The maximum Gasteiger partial charge on any atom is 0.308 e. The minimum Gasteiger partial charge on any atom is -0.469 e. The van der Waals surface area contributed by atoms with E-state index in [0.29, 0.717) is 38.3 Å². The summed E-state index contributed by atoms with van der Waals surface area (Å²) in [7, 11) is 3.40. The molecule has 0 bridgehead atoms. The van der Waals surface area contributed by atoms with Crippen molar-refractivity contribution in [2.75, 3.05) is 53.7 Å². The number of likely N-dealkylation sites (tertiary alicyclic amines) is 1. The van der Waals surface area contributed by atoms with Gasteiger partial charge in [0, 0.05) is 13.1 Å². The number of carbonyl (C=O) groups is 10. The number of methoxy groups -OCH3 is 1. The molecule has 4 rings (SSSR count). The molecular formula is C71H135NO20. The minimum atomic E-state index is -0.153. The third kappa shape index (κ3) is 64.8. The van der Waals surface area contributed by atoms with Gasteiger partial charge in [0.1, 0.15) is 18.3 Å². The normalized spacial score (nSPS) is 13.9. The van der Waals surface area contributed by atoms with Crippen LogP contribution >= 0.6 is 0 Å². The molecule has 0 aromatic carbocycles. The molecule has 92 heavy (non-hydrogen) atoms. The summed E-state index contributed by atoms with van der Waals surface area (Å²) in [6, 6.07) is 0. The Kier molecular flexibility index (Phi) is 61.9. The number of likely N-dealkylation sites (N-methyl/N-ethyl adjacent to an activating group) is 1. The fourth-order valence-electron chi connectivity index (χ4n) is 5.25. The molecule has 0 radical (unpaired) electrons. The lowest BCUT2D eigenvalue weighted by molar-refractivity contribution is -0.160. The molecule has 0 aromatic heterocycles. The van der Waals surface area contributed by atoms with E-state index in [1.165, 1.54) is 32.8 Å². The summed E-state index contributed by atoms with van der Waals surface area (Å²) in [4.78, 5) is 109. The molecule has 0 amide bonds. The molecule has 0 N–H and O–H groups in total. The monoisotopic (exact) mass is 1320 g/mol. The molecule has 1 saturated heterocycles. The molecule has 21 heteroatoms. The number of hydrogen-bond acceptors (Lipinski definition) is 21. The summed E-state index contributed by atoms with van der Waals surface area (Å²) in [6.45, 7) is 55.7. The van der Waals surface area contributed by atoms with Crippen molar-refractivity contribution in [3.63, 3.8) is 0 Å².